The number of halogens is 1. The molecule has 9 heteroatoms. The molecule has 0 aliphatic rings. The number of methoxy groups -OCH3 is 1. The molecule has 1 amide bonds. The van der Waals surface area contributed by atoms with Crippen molar-refractivity contribution in [3.8, 4) is 5.75 Å². The zero-order chi connectivity index (χ0) is 20.1. The van der Waals surface area contributed by atoms with Gasteiger partial charge in [0, 0.05) is 35.2 Å². The molecule has 3 aromatic rings. The summed E-state index contributed by atoms with van der Waals surface area (Å²) in [6.07, 6.45) is 1.96. The third-order valence-electron chi connectivity index (χ3n) is 4.17. The van der Waals surface area contributed by atoms with E-state index in [0.29, 0.717) is 10.8 Å². The van der Waals surface area contributed by atoms with Crippen LogP contribution in [0.5, 0.6) is 5.75 Å². The molecule has 0 radical (unpaired) electrons. The third kappa shape index (κ3) is 4.83. The highest BCUT2D eigenvalue weighted by Crippen LogP contribution is 2.23. The Morgan fingerprint density at radius 1 is 1.18 bits per heavy atom. The maximum atomic E-state index is 12.2. The minimum atomic E-state index is -3.67. The fraction of sp³-hybridized carbons (Fsp3) is 0.211. The van der Waals surface area contributed by atoms with Crippen molar-refractivity contribution in [1.82, 2.24) is 15.0 Å². The average Bonchev–Trinajstić information content (AvgIpc) is 3.07. The fourth-order valence-corrected chi connectivity index (χ4v) is 4.10. The van der Waals surface area contributed by atoms with Gasteiger partial charge in [-0.15, -0.1) is 0 Å². The van der Waals surface area contributed by atoms with Gasteiger partial charge in [-0.3, -0.25) is 4.79 Å². The molecule has 0 aliphatic heterocycles. The summed E-state index contributed by atoms with van der Waals surface area (Å²) in [5, 5.41) is 3.97. The van der Waals surface area contributed by atoms with E-state index < -0.39 is 10.0 Å². The number of hydrogen-bond acceptors (Lipinski definition) is 4. The van der Waals surface area contributed by atoms with Crippen LogP contribution >= 0.6 is 11.6 Å². The molecular weight excluding hydrogens is 402 g/mol. The molecule has 0 fully saturated rings. The lowest BCUT2D eigenvalue weighted by molar-refractivity contribution is -0.120. The number of amides is 1. The van der Waals surface area contributed by atoms with Gasteiger partial charge in [-0.1, -0.05) is 17.7 Å². The van der Waals surface area contributed by atoms with Gasteiger partial charge >= 0.3 is 0 Å². The van der Waals surface area contributed by atoms with Gasteiger partial charge in [0.2, 0.25) is 15.9 Å². The number of carbonyl (C=O) groups is 1. The first-order valence-electron chi connectivity index (χ1n) is 8.55. The summed E-state index contributed by atoms with van der Waals surface area (Å²) < 4.78 is 32.0. The Morgan fingerprint density at radius 2 is 2.00 bits per heavy atom. The van der Waals surface area contributed by atoms with Gasteiger partial charge in [0.25, 0.3) is 0 Å². The highest BCUT2D eigenvalue weighted by atomic mass is 35.5. The Bertz CT molecular complexity index is 1100. The molecule has 0 atom stereocenters. The molecule has 148 valence electrons. The van der Waals surface area contributed by atoms with Crippen molar-refractivity contribution in [3.63, 3.8) is 0 Å². The largest absolute Gasteiger partial charge is 0.497 e. The fourth-order valence-electron chi connectivity index (χ4n) is 2.77. The Hall–Kier alpha value is -2.55. The minimum absolute atomic E-state index is 0.0717. The maximum Gasteiger partial charge on any atom is 0.240 e. The van der Waals surface area contributed by atoms with E-state index in [1.165, 1.54) is 12.1 Å². The number of fused-ring (bicyclic) bond motifs is 1. The Kier molecular flexibility index (Phi) is 6.23. The minimum Gasteiger partial charge on any atom is -0.497 e. The summed E-state index contributed by atoms with van der Waals surface area (Å²) in [5.41, 5.74) is 1.75. The molecule has 1 aromatic heterocycles. The lowest BCUT2D eigenvalue weighted by Crippen LogP contribution is -2.35. The second kappa shape index (κ2) is 8.64. The Morgan fingerprint density at radius 3 is 2.75 bits per heavy atom. The van der Waals surface area contributed by atoms with Crippen LogP contribution in [0.1, 0.15) is 5.56 Å². The summed E-state index contributed by atoms with van der Waals surface area (Å²) in [5.74, 6) is 0.509. The zero-order valence-electron chi connectivity index (χ0n) is 15.2. The third-order valence-corrected chi connectivity index (χ3v) is 5.87. The van der Waals surface area contributed by atoms with Crippen molar-refractivity contribution < 1.29 is 17.9 Å². The molecule has 0 aliphatic carbocycles. The van der Waals surface area contributed by atoms with E-state index in [9.17, 15) is 13.2 Å². The number of rotatable bonds is 8. The molecule has 7 nitrogen and oxygen atoms in total. The van der Waals surface area contributed by atoms with E-state index in [1.807, 2.05) is 18.2 Å². The maximum absolute atomic E-state index is 12.2. The summed E-state index contributed by atoms with van der Waals surface area (Å²) in [6, 6.07) is 11.6. The van der Waals surface area contributed by atoms with Crippen LogP contribution in [0.3, 0.4) is 0 Å². The normalized spacial score (nSPS) is 11.5. The Labute approximate surface area is 168 Å². The van der Waals surface area contributed by atoms with E-state index in [0.717, 1.165) is 16.5 Å². The standard InChI is InChI=1S/C19H20ClN3O4S/c1-27-15-5-6-18-17(11-15)13(12-22-18)9-19(24)21-7-8-23-28(25,26)16-4-2-3-14(20)10-16/h2-6,10-12,22-23H,7-9H2,1H3,(H,21,24). The van der Waals surface area contributed by atoms with Gasteiger partial charge in [0.05, 0.1) is 18.4 Å². The van der Waals surface area contributed by atoms with Gasteiger partial charge in [-0.25, -0.2) is 13.1 Å². The van der Waals surface area contributed by atoms with Crippen LogP contribution in [0.4, 0.5) is 0 Å². The first kappa shape index (κ1) is 20.2. The van der Waals surface area contributed by atoms with Crippen molar-refractivity contribution in [1.29, 1.82) is 0 Å². The van der Waals surface area contributed by atoms with Crippen LogP contribution in [-0.4, -0.2) is 39.5 Å². The van der Waals surface area contributed by atoms with Crippen LogP contribution in [0.15, 0.2) is 53.6 Å². The summed E-state index contributed by atoms with van der Waals surface area (Å²) in [4.78, 5) is 15.4. The number of ether oxygens (including phenoxy) is 1. The SMILES string of the molecule is COc1ccc2[nH]cc(CC(=O)NCCNS(=O)(=O)c3cccc(Cl)c3)c2c1. The van der Waals surface area contributed by atoms with Crippen molar-refractivity contribution in [3.05, 3.63) is 59.2 Å². The molecule has 2 aromatic carbocycles. The molecule has 0 spiro atoms. The number of hydrogen-bond donors (Lipinski definition) is 3. The quantitative estimate of drug-likeness (QED) is 0.486. The highest BCUT2D eigenvalue weighted by molar-refractivity contribution is 7.89. The van der Waals surface area contributed by atoms with Crippen molar-refractivity contribution >= 4 is 38.4 Å². The number of benzene rings is 2. The Balaban J connectivity index is 1.52. The number of aromatic amines is 1. The van der Waals surface area contributed by atoms with Crippen LogP contribution in [0.25, 0.3) is 10.9 Å². The smallest absolute Gasteiger partial charge is 0.240 e. The number of carbonyl (C=O) groups excluding carboxylic acids is 1. The van der Waals surface area contributed by atoms with E-state index in [2.05, 4.69) is 15.0 Å². The second-order valence-electron chi connectivity index (χ2n) is 6.11. The molecule has 3 N–H and O–H groups in total. The second-order valence-corrected chi connectivity index (χ2v) is 8.31. The molecule has 0 saturated carbocycles. The van der Waals surface area contributed by atoms with Crippen LogP contribution in [0, 0.1) is 0 Å². The monoisotopic (exact) mass is 421 g/mol. The van der Waals surface area contributed by atoms with Gasteiger partial charge in [0.1, 0.15) is 5.75 Å². The number of sulfonamides is 1. The first-order chi connectivity index (χ1) is 13.4. The molecule has 0 bridgehead atoms. The van der Waals surface area contributed by atoms with Crippen molar-refractivity contribution in [2.24, 2.45) is 0 Å². The van der Waals surface area contributed by atoms with Crippen LogP contribution in [0.2, 0.25) is 5.02 Å². The van der Waals surface area contributed by atoms with Crippen molar-refractivity contribution in [2.45, 2.75) is 11.3 Å². The van der Waals surface area contributed by atoms with Crippen LogP contribution in [-0.2, 0) is 21.2 Å². The van der Waals surface area contributed by atoms with Crippen molar-refractivity contribution in [2.75, 3.05) is 20.2 Å². The summed E-state index contributed by atoms with van der Waals surface area (Å²) in [6.45, 7) is 0.243. The summed E-state index contributed by atoms with van der Waals surface area (Å²) >= 11 is 5.82. The molecule has 0 saturated heterocycles. The van der Waals surface area contributed by atoms with E-state index >= 15 is 0 Å². The zero-order valence-corrected chi connectivity index (χ0v) is 16.7. The molecule has 0 unspecified atom stereocenters. The van der Waals surface area contributed by atoms with Gasteiger partial charge in [-0.05, 0) is 42.0 Å². The van der Waals surface area contributed by atoms with E-state index in [4.69, 9.17) is 16.3 Å². The first-order valence-corrected chi connectivity index (χ1v) is 10.4. The number of nitrogens with one attached hydrogen (secondary N) is 3. The molecule has 28 heavy (non-hydrogen) atoms. The number of aromatic nitrogens is 1. The van der Waals surface area contributed by atoms with Gasteiger partial charge < -0.3 is 15.0 Å². The van der Waals surface area contributed by atoms with E-state index in [-0.39, 0.29) is 30.3 Å². The predicted molar refractivity (Wildman–Crippen MR) is 108 cm³/mol. The van der Waals surface area contributed by atoms with Gasteiger partial charge in [-0.2, -0.15) is 0 Å². The molecular formula is C19H20ClN3O4S. The topological polar surface area (TPSA) is 100 Å². The molecule has 3 rings (SSSR count). The van der Waals surface area contributed by atoms with E-state index in [1.54, 1.807) is 25.4 Å². The molecule has 1 heterocycles. The summed E-state index contributed by atoms with van der Waals surface area (Å²) in [7, 11) is -2.08. The van der Waals surface area contributed by atoms with Gasteiger partial charge in [0.15, 0.2) is 0 Å². The lowest BCUT2D eigenvalue weighted by Gasteiger charge is -2.08. The average molecular weight is 422 g/mol. The lowest BCUT2D eigenvalue weighted by atomic mass is 10.1. The predicted octanol–water partition coefficient (Wildman–Crippen LogP) is 2.47. The van der Waals surface area contributed by atoms with Crippen LogP contribution < -0.4 is 14.8 Å². The number of H-pyrrole nitrogens is 1. The highest BCUT2D eigenvalue weighted by Gasteiger charge is 2.14.